The molecule has 1 fully saturated rings. The van der Waals surface area contributed by atoms with Gasteiger partial charge in [-0.3, -0.25) is 0 Å². The molecule has 1 N–H and O–H groups in total. The lowest BCUT2D eigenvalue weighted by atomic mass is 9.92. The molecule has 0 spiro atoms. The topological polar surface area (TPSA) is 45.5 Å². The van der Waals surface area contributed by atoms with Crippen LogP contribution < -0.4 is 10.2 Å². The van der Waals surface area contributed by atoms with Gasteiger partial charge >= 0.3 is 0 Å². The third-order valence-corrected chi connectivity index (χ3v) is 4.22. The van der Waals surface area contributed by atoms with Gasteiger partial charge in [-0.2, -0.15) is 5.10 Å². The lowest BCUT2D eigenvalue weighted by molar-refractivity contribution is 0.549. The van der Waals surface area contributed by atoms with Gasteiger partial charge in [0.15, 0.2) is 5.82 Å². The Morgan fingerprint density at radius 2 is 2.19 bits per heavy atom. The predicted octanol–water partition coefficient (Wildman–Crippen LogP) is 2.07. The van der Waals surface area contributed by atoms with Crippen molar-refractivity contribution in [2.45, 2.75) is 32.6 Å². The average molecular weight is 287 g/mol. The van der Waals surface area contributed by atoms with E-state index in [9.17, 15) is 0 Å². The predicted molar refractivity (Wildman–Crippen MR) is 85.9 cm³/mol. The summed E-state index contributed by atoms with van der Waals surface area (Å²) in [6, 6.07) is 2.19. The minimum atomic E-state index is 0.0585. The van der Waals surface area contributed by atoms with Gasteiger partial charge < -0.3 is 10.2 Å². The smallest absolute Gasteiger partial charge is 0.154 e. The molecule has 5 nitrogen and oxygen atoms in total. The molecule has 2 aromatic rings. The average Bonchev–Trinajstić information content (AvgIpc) is 3.03. The quantitative estimate of drug-likeness (QED) is 0.939. The van der Waals surface area contributed by atoms with E-state index in [1.807, 2.05) is 24.0 Å². The number of anilines is 1. The van der Waals surface area contributed by atoms with E-state index >= 15 is 0 Å². The van der Waals surface area contributed by atoms with E-state index in [2.05, 4.69) is 42.0 Å². The Hall–Kier alpha value is -1.62. The number of hydrogen-bond donors (Lipinski definition) is 1. The van der Waals surface area contributed by atoms with E-state index in [4.69, 9.17) is 5.10 Å². The number of hydrogen-bond acceptors (Lipinski definition) is 4. The molecule has 0 radical (unpaired) electrons. The van der Waals surface area contributed by atoms with E-state index in [-0.39, 0.29) is 5.41 Å². The fraction of sp³-hybridized carbons (Fsp3) is 0.625. The molecule has 0 bridgehead atoms. The van der Waals surface area contributed by atoms with Crippen molar-refractivity contribution in [1.82, 2.24) is 19.9 Å². The first-order valence-electron chi connectivity index (χ1n) is 7.73. The number of rotatable bonds is 3. The normalized spacial score (nSPS) is 19.6. The molecular formula is C16H25N5. The maximum absolute atomic E-state index is 4.71. The van der Waals surface area contributed by atoms with Crippen LogP contribution in [0.15, 0.2) is 18.5 Å². The van der Waals surface area contributed by atoms with Gasteiger partial charge in [0, 0.05) is 30.9 Å². The largest absolute Gasteiger partial charge is 0.354 e. The molecule has 0 saturated carbocycles. The minimum absolute atomic E-state index is 0.0585. The van der Waals surface area contributed by atoms with E-state index in [1.54, 1.807) is 0 Å². The third-order valence-electron chi connectivity index (χ3n) is 4.22. The highest BCUT2D eigenvalue weighted by Gasteiger charge is 2.26. The lowest BCUT2D eigenvalue weighted by Gasteiger charge is -2.18. The van der Waals surface area contributed by atoms with Crippen molar-refractivity contribution in [1.29, 1.82) is 0 Å². The van der Waals surface area contributed by atoms with Crippen LogP contribution in [-0.2, 0) is 5.41 Å². The Bertz CT molecular complexity index is 625. The second kappa shape index (κ2) is 5.30. The van der Waals surface area contributed by atoms with E-state index < -0.39 is 0 Å². The summed E-state index contributed by atoms with van der Waals surface area (Å²) in [5, 5.41) is 7.99. The standard InChI is InChI=1S/C16H25N5/c1-16(2,3)14-9-13-15(18-6-8-21(13)19-14)20-7-5-12(11-20)10-17-4/h6,8-9,12,17H,5,7,10-11H2,1-4H3. The summed E-state index contributed by atoms with van der Waals surface area (Å²) in [6.45, 7) is 9.81. The summed E-state index contributed by atoms with van der Waals surface area (Å²) in [6.07, 6.45) is 5.02. The molecule has 0 aromatic carbocycles. The molecule has 1 aliphatic rings. The zero-order valence-electron chi connectivity index (χ0n) is 13.4. The Labute approximate surface area is 126 Å². The molecule has 3 rings (SSSR count). The molecule has 1 aliphatic heterocycles. The van der Waals surface area contributed by atoms with Crippen LogP contribution in [0.2, 0.25) is 0 Å². The maximum Gasteiger partial charge on any atom is 0.154 e. The van der Waals surface area contributed by atoms with Crippen LogP contribution in [0, 0.1) is 5.92 Å². The summed E-state index contributed by atoms with van der Waals surface area (Å²) in [7, 11) is 2.02. The van der Waals surface area contributed by atoms with E-state index in [0.29, 0.717) is 5.92 Å². The second-order valence-electron chi connectivity index (χ2n) is 7.02. The molecule has 5 heteroatoms. The summed E-state index contributed by atoms with van der Waals surface area (Å²) in [5.74, 6) is 1.78. The van der Waals surface area contributed by atoms with Gasteiger partial charge in [-0.05, 0) is 32.0 Å². The Morgan fingerprint density at radius 3 is 2.90 bits per heavy atom. The first-order chi connectivity index (χ1) is 9.99. The van der Waals surface area contributed by atoms with Crippen LogP contribution in [0.25, 0.3) is 5.52 Å². The van der Waals surface area contributed by atoms with Gasteiger partial charge in [0.05, 0.1) is 5.69 Å². The summed E-state index contributed by atoms with van der Waals surface area (Å²) >= 11 is 0. The highest BCUT2D eigenvalue weighted by molar-refractivity contribution is 5.69. The van der Waals surface area contributed by atoms with Crippen molar-refractivity contribution < 1.29 is 0 Å². The molecule has 1 atom stereocenters. The van der Waals surface area contributed by atoms with E-state index in [0.717, 1.165) is 36.7 Å². The highest BCUT2D eigenvalue weighted by Crippen LogP contribution is 2.29. The Balaban J connectivity index is 1.94. The first-order valence-corrected chi connectivity index (χ1v) is 7.73. The number of fused-ring (bicyclic) bond motifs is 1. The molecule has 114 valence electrons. The van der Waals surface area contributed by atoms with E-state index in [1.165, 1.54) is 6.42 Å². The zero-order valence-corrected chi connectivity index (χ0v) is 13.4. The number of nitrogens with one attached hydrogen (secondary N) is 1. The SMILES string of the molecule is CNCC1CCN(c2nccn3nc(C(C)(C)C)cc23)C1. The Kier molecular flexibility index (Phi) is 3.61. The lowest BCUT2D eigenvalue weighted by Crippen LogP contribution is -2.25. The maximum atomic E-state index is 4.71. The van der Waals surface area contributed by atoms with Crippen LogP contribution in [0.3, 0.4) is 0 Å². The molecule has 3 heterocycles. The van der Waals surface area contributed by atoms with Gasteiger partial charge in [-0.15, -0.1) is 0 Å². The summed E-state index contributed by atoms with van der Waals surface area (Å²) < 4.78 is 1.97. The molecule has 0 aliphatic carbocycles. The molecule has 1 saturated heterocycles. The number of aromatic nitrogens is 3. The van der Waals surface area contributed by atoms with Crippen LogP contribution >= 0.6 is 0 Å². The van der Waals surface area contributed by atoms with Crippen molar-refractivity contribution in [3.8, 4) is 0 Å². The highest BCUT2D eigenvalue weighted by atomic mass is 15.3. The second-order valence-corrected chi connectivity index (χ2v) is 7.02. The molecule has 0 amide bonds. The van der Waals surface area contributed by atoms with Crippen molar-refractivity contribution in [3.63, 3.8) is 0 Å². The van der Waals surface area contributed by atoms with Crippen molar-refractivity contribution in [2.24, 2.45) is 5.92 Å². The van der Waals surface area contributed by atoms with Crippen molar-refractivity contribution >= 4 is 11.3 Å². The van der Waals surface area contributed by atoms with Crippen LogP contribution in [-0.4, -0.2) is 41.3 Å². The fourth-order valence-corrected chi connectivity index (χ4v) is 3.00. The van der Waals surface area contributed by atoms with Crippen molar-refractivity contribution in [2.75, 3.05) is 31.6 Å². The minimum Gasteiger partial charge on any atom is -0.354 e. The van der Waals surface area contributed by atoms with Gasteiger partial charge in [0.1, 0.15) is 5.52 Å². The van der Waals surface area contributed by atoms with Crippen LogP contribution in [0.5, 0.6) is 0 Å². The van der Waals surface area contributed by atoms with Gasteiger partial charge in [0.2, 0.25) is 0 Å². The monoisotopic (exact) mass is 287 g/mol. The molecular weight excluding hydrogens is 262 g/mol. The first kappa shape index (κ1) is 14.3. The summed E-state index contributed by atoms with van der Waals surface area (Å²) in [5.41, 5.74) is 2.29. The van der Waals surface area contributed by atoms with Crippen molar-refractivity contribution in [3.05, 3.63) is 24.2 Å². The van der Waals surface area contributed by atoms with Gasteiger partial charge in [0.25, 0.3) is 0 Å². The fourth-order valence-electron chi connectivity index (χ4n) is 3.00. The van der Waals surface area contributed by atoms with Crippen LogP contribution in [0.1, 0.15) is 32.9 Å². The molecule has 1 unspecified atom stereocenters. The zero-order chi connectivity index (χ0) is 15.0. The van der Waals surface area contributed by atoms with Crippen LogP contribution in [0.4, 0.5) is 5.82 Å². The Morgan fingerprint density at radius 1 is 1.38 bits per heavy atom. The van der Waals surface area contributed by atoms with Gasteiger partial charge in [-0.25, -0.2) is 9.50 Å². The molecule has 2 aromatic heterocycles. The molecule has 21 heavy (non-hydrogen) atoms. The van der Waals surface area contributed by atoms with Gasteiger partial charge in [-0.1, -0.05) is 20.8 Å². The number of nitrogens with zero attached hydrogens (tertiary/aromatic N) is 4. The third kappa shape index (κ3) is 2.75. The summed E-state index contributed by atoms with van der Waals surface area (Å²) in [4.78, 5) is 7.02.